The Morgan fingerprint density at radius 2 is 1.83 bits per heavy atom. The average molecular weight is 267 g/mol. The monoisotopic (exact) mass is 267 g/mol. The van der Waals surface area contributed by atoms with Crippen LogP contribution in [-0.4, -0.2) is 34.8 Å². The molecule has 1 aromatic rings. The number of carbonyl (C=O) groups is 1. The Morgan fingerprint density at radius 3 is 2.28 bits per heavy atom. The molecule has 0 spiro atoms. The number of benzene rings is 1. The van der Waals surface area contributed by atoms with Crippen LogP contribution in [0.5, 0.6) is 0 Å². The molecule has 0 aliphatic rings. The molecule has 3 nitrogen and oxygen atoms in total. The summed E-state index contributed by atoms with van der Waals surface area (Å²) in [4.78, 5) is 14.6. The smallest absolute Gasteiger partial charge is 0.232 e. The van der Waals surface area contributed by atoms with Gasteiger partial charge in [-0.25, -0.2) is 0 Å². The maximum absolute atomic E-state index is 11.8. The minimum absolute atomic E-state index is 0.134. The highest BCUT2D eigenvalue weighted by atomic mass is 32.2. The molecule has 0 bridgehead atoms. The lowest BCUT2D eigenvalue weighted by atomic mass is 10.1. The minimum atomic E-state index is -0.447. The normalized spacial score (nSPS) is 12.6. The number of thioether (sulfide) groups is 1. The zero-order valence-corrected chi connectivity index (χ0v) is 12.2. The summed E-state index contributed by atoms with van der Waals surface area (Å²) in [6, 6.07) is 7.90. The first-order chi connectivity index (χ1) is 8.41. The first-order valence-electron chi connectivity index (χ1n) is 6.08. The molecule has 1 unspecified atom stereocenters. The van der Waals surface area contributed by atoms with Gasteiger partial charge in [-0.05, 0) is 38.5 Å². The van der Waals surface area contributed by atoms with Gasteiger partial charge in [0.15, 0.2) is 0 Å². The molecule has 0 heterocycles. The molecule has 0 fully saturated rings. The molecule has 100 valence electrons. The topological polar surface area (TPSA) is 40.5 Å². The summed E-state index contributed by atoms with van der Waals surface area (Å²) < 4.78 is 0. The Bertz CT molecular complexity index is 387. The van der Waals surface area contributed by atoms with Crippen molar-refractivity contribution in [2.45, 2.75) is 37.8 Å². The van der Waals surface area contributed by atoms with Crippen LogP contribution in [-0.2, 0) is 4.79 Å². The van der Waals surface area contributed by atoms with Crippen molar-refractivity contribution in [2.24, 2.45) is 0 Å². The van der Waals surface area contributed by atoms with E-state index < -0.39 is 6.10 Å². The molecule has 0 aliphatic carbocycles. The molecule has 18 heavy (non-hydrogen) atoms. The van der Waals surface area contributed by atoms with Crippen molar-refractivity contribution >= 4 is 17.7 Å². The fourth-order valence-electron chi connectivity index (χ4n) is 1.38. The van der Waals surface area contributed by atoms with E-state index in [1.54, 1.807) is 11.8 Å². The largest absolute Gasteiger partial charge is 0.389 e. The molecule has 1 rings (SSSR count). The Balaban J connectivity index is 2.51. The predicted octanol–water partition coefficient (Wildman–Crippen LogP) is 2.70. The minimum Gasteiger partial charge on any atom is -0.389 e. The van der Waals surface area contributed by atoms with E-state index in [9.17, 15) is 9.90 Å². The first kappa shape index (κ1) is 15.1. The lowest BCUT2D eigenvalue weighted by Crippen LogP contribution is -2.34. The average Bonchev–Trinajstić information content (AvgIpc) is 2.35. The summed E-state index contributed by atoms with van der Waals surface area (Å²) in [6.07, 6.45) is -0.447. The van der Waals surface area contributed by atoms with E-state index in [0.717, 1.165) is 10.5 Å². The van der Waals surface area contributed by atoms with Gasteiger partial charge in [0.05, 0.1) is 11.9 Å². The van der Waals surface area contributed by atoms with Gasteiger partial charge in [0.1, 0.15) is 0 Å². The van der Waals surface area contributed by atoms with Gasteiger partial charge in [0.25, 0.3) is 0 Å². The highest BCUT2D eigenvalue weighted by Gasteiger charge is 2.12. The van der Waals surface area contributed by atoms with E-state index in [4.69, 9.17) is 0 Å². The van der Waals surface area contributed by atoms with Crippen molar-refractivity contribution in [3.63, 3.8) is 0 Å². The quantitative estimate of drug-likeness (QED) is 0.834. The van der Waals surface area contributed by atoms with Gasteiger partial charge < -0.3 is 10.0 Å². The van der Waals surface area contributed by atoms with Crippen molar-refractivity contribution < 1.29 is 9.90 Å². The number of aliphatic hydroxyl groups excluding tert-OH is 1. The molecular formula is C14H21NO2S. The number of aliphatic hydroxyl groups is 1. The summed E-state index contributed by atoms with van der Waals surface area (Å²) in [5.74, 6) is 0.581. The van der Waals surface area contributed by atoms with E-state index in [1.165, 1.54) is 11.8 Å². The first-order valence-corrected chi connectivity index (χ1v) is 7.07. The molecule has 0 aromatic heterocycles. The summed E-state index contributed by atoms with van der Waals surface area (Å²) in [5, 5.41) is 9.40. The standard InChI is InChI=1S/C14H21NO2S/c1-10(2)15(4)14(17)9-18-13-7-5-12(6-8-13)11(3)16/h5-8,10-11,16H,9H2,1-4H3. The van der Waals surface area contributed by atoms with Crippen LogP contribution in [0, 0.1) is 0 Å². The van der Waals surface area contributed by atoms with Crippen LogP contribution in [0.2, 0.25) is 0 Å². The van der Waals surface area contributed by atoms with Crippen molar-refractivity contribution in [3.8, 4) is 0 Å². The molecule has 0 radical (unpaired) electrons. The summed E-state index contributed by atoms with van der Waals surface area (Å²) in [7, 11) is 1.82. The third kappa shape index (κ3) is 4.35. The maximum Gasteiger partial charge on any atom is 0.232 e. The SMILES string of the molecule is CC(O)c1ccc(SCC(=O)N(C)C(C)C)cc1. The van der Waals surface area contributed by atoms with Crippen LogP contribution in [0.25, 0.3) is 0 Å². The Kier molecular flexibility index (Phi) is 5.69. The highest BCUT2D eigenvalue weighted by Crippen LogP contribution is 2.21. The fraction of sp³-hybridized carbons (Fsp3) is 0.500. The van der Waals surface area contributed by atoms with Crippen LogP contribution >= 0.6 is 11.8 Å². The second-order valence-corrected chi connectivity index (χ2v) is 5.68. The van der Waals surface area contributed by atoms with Gasteiger partial charge in [-0.3, -0.25) is 4.79 Å². The van der Waals surface area contributed by atoms with Crippen LogP contribution < -0.4 is 0 Å². The molecule has 1 amide bonds. The summed E-state index contributed by atoms with van der Waals surface area (Å²) in [6.45, 7) is 5.74. The lowest BCUT2D eigenvalue weighted by Gasteiger charge is -2.21. The van der Waals surface area contributed by atoms with Crippen molar-refractivity contribution in [2.75, 3.05) is 12.8 Å². The van der Waals surface area contributed by atoms with E-state index in [-0.39, 0.29) is 11.9 Å². The van der Waals surface area contributed by atoms with Gasteiger partial charge >= 0.3 is 0 Å². The lowest BCUT2D eigenvalue weighted by molar-refractivity contribution is -0.128. The van der Waals surface area contributed by atoms with Crippen LogP contribution in [0.4, 0.5) is 0 Å². The number of amides is 1. The molecule has 0 saturated heterocycles. The highest BCUT2D eigenvalue weighted by molar-refractivity contribution is 8.00. The molecule has 1 aromatic carbocycles. The van der Waals surface area contributed by atoms with Crippen LogP contribution in [0.15, 0.2) is 29.2 Å². The molecule has 0 aliphatic heterocycles. The summed E-state index contributed by atoms with van der Waals surface area (Å²) >= 11 is 1.52. The molecule has 0 saturated carbocycles. The van der Waals surface area contributed by atoms with Crippen molar-refractivity contribution in [1.82, 2.24) is 4.90 Å². The zero-order valence-electron chi connectivity index (χ0n) is 11.4. The van der Waals surface area contributed by atoms with Gasteiger partial charge in [-0.2, -0.15) is 0 Å². The Hall–Kier alpha value is -1.00. The third-order valence-electron chi connectivity index (χ3n) is 2.89. The third-order valence-corrected chi connectivity index (χ3v) is 3.89. The fourth-order valence-corrected chi connectivity index (χ4v) is 2.20. The number of hydrogen-bond acceptors (Lipinski definition) is 3. The number of rotatable bonds is 5. The van der Waals surface area contributed by atoms with Crippen LogP contribution in [0.3, 0.4) is 0 Å². The molecule has 1 atom stereocenters. The number of carbonyl (C=O) groups excluding carboxylic acids is 1. The number of hydrogen-bond donors (Lipinski definition) is 1. The second kappa shape index (κ2) is 6.81. The number of nitrogens with zero attached hydrogens (tertiary/aromatic N) is 1. The van der Waals surface area contributed by atoms with E-state index >= 15 is 0 Å². The molecule has 1 N–H and O–H groups in total. The zero-order chi connectivity index (χ0) is 13.7. The summed E-state index contributed by atoms with van der Waals surface area (Å²) in [5.41, 5.74) is 0.893. The van der Waals surface area contributed by atoms with E-state index in [1.807, 2.05) is 45.2 Å². The van der Waals surface area contributed by atoms with Crippen molar-refractivity contribution in [3.05, 3.63) is 29.8 Å². The second-order valence-electron chi connectivity index (χ2n) is 4.63. The van der Waals surface area contributed by atoms with E-state index in [2.05, 4.69) is 0 Å². The van der Waals surface area contributed by atoms with Gasteiger partial charge in [-0.1, -0.05) is 12.1 Å². The Labute approximate surface area is 113 Å². The Morgan fingerprint density at radius 1 is 1.28 bits per heavy atom. The molecular weight excluding hydrogens is 246 g/mol. The van der Waals surface area contributed by atoms with E-state index in [0.29, 0.717) is 5.75 Å². The van der Waals surface area contributed by atoms with Gasteiger partial charge in [0.2, 0.25) is 5.91 Å². The van der Waals surface area contributed by atoms with Gasteiger partial charge in [0, 0.05) is 18.0 Å². The molecule has 4 heteroatoms. The van der Waals surface area contributed by atoms with Crippen molar-refractivity contribution in [1.29, 1.82) is 0 Å². The van der Waals surface area contributed by atoms with Gasteiger partial charge in [-0.15, -0.1) is 11.8 Å². The van der Waals surface area contributed by atoms with Crippen LogP contribution in [0.1, 0.15) is 32.4 Å². The predicted molar refractivity (Wildman–Crippen MR) is 75.7 cm³/mol. The maximum atomic E-state index is 11.8.